The molecule has 0 aliphatic heterocycles. The van der Waals surface area contributed by atoms with E-state index >= 15 is 0 Å². The summed E-state index contributed by atoms with van der Waals surface area (Å²) in [6.07, 6.45) is 1.28. The Balaban J connectivity index is 2.99. The van der Waals surface area contributed by atoms with Crippen LogP contribution in [-0.4, -0.2) is 10.1 Å². The van der Waals surface area contributed by atoms with Gasteiger partial charge in [-0.1, -0.05) is 11.6 Å². The van der Waals surface area contributed by atoms with Crippen molar-refractivity contribution in [2.24, 2.45) is 0 Å². The molecule has 0 saturated carbocycles. The predicted octanol–water partition coefficient (Wildman–Crippen LogP) is 1.23. The summed E-state index contributed by atoms with van der Waals surface area (Å²) < 4.78 is 13.7. The molecular formula is C6H6ClNO. The van der Waals surface area contributed by atoms with Gasteiger partial charge in [-0.25, -0.2) is 0 Å². The molecule has 0 bridgehead atoms. The van der Waals surface area contributed by atoms with E-state index in [0.717, 1.165) is 0 Å². The van der Waals surface area contributed by atoms with Crippen LogP contribution in [0.5, 0.6) is 0 Å². The summed E-state index contributed by atoms with van der Waals surface area (Å²) in [6, 6.07) is 2.81. The summed E-state index contributed by atoms with van der Waals surface area (Å²) in [7, 11) is 0. The normalized spacial score (nSPS) is 14.4. The zero-order valence-electron chi connectivity index (χ0n) is 6.50. The van der Waals surface area contributed by atoms with Crippen molar-refractivity contribution in [1.82, 2.24) is 4.98 Å². The summed E-state index contributed by atoms with van der Waals surface area (Å²) >= 11 is 5.50. The van der Waals surface area contributed by atoms with Gasteiger partial charge in [-0.2, -0.15) is 0 Å². The molecule has 9 heavy (non-hydrogen) atoms. The first-order chi connectivity index (χ1) is 5.00. The average molecular weight is 146 g/mol. The maximum absolute atomic E-state index is 8.81. The van der Waals surface area contributed by atoms with Crippen molar-refractivity contribution >= 4 is 11.6 Å². The monoisotopic (exact) mass is 145 g/mol. The minimum Gasteiger partial charge on any atom is -0.390 e. The van der Waals surface area contributed by atoms with Gasteiger partial charge in [-0.15, -0.1) is 0 Å². The third-order valence-corrected chi connectivity index (χ3v) is 1.07. The molecule has 0 unspecified atom stereocenters. The second-order valence-corrected chi connectivity index (χ2v) is 1.91. The van der Waals surface area contributed by atoms with Crippen LogP contribution < -0.4 is 0 Å². The fraction of sp³-hybridized carbons (Fsp3) is 0.167. The molecule has 0 saturated heterocycles. The predicted molar refractivity (Wildman–Crippen MR) is 35.2 cm³/mol. The lowest BCUT2D eigenvalue weighted by molar-refractivity contribution is 0.277. The molecule has 1 rings (SSSR count). The highest BCUT2D eigenvalue weighted by atomic mass is 35.5. The van der Waals surface area contributed by atoms with Crippen molar-refractivity contribution in [2.75, 3.05) is 0 Å². The van der Waals surface area contributed by atoms with Crippen molar-refractivity contribution < 1.29 is 7.85 Å². The van der Waals surface area contributed by atoms with Crippen LogP contribution in [0.2, 0.25) is 5.02 Å². The number of nitrogens with zero attached hydrogens (tertiary/aromatic N) is 1. The Morgan fingerprint density at radius 3 is 3.00 bits per heavy atom. The number of aliphatic hydroxyl groups is 1. The van der Waals surface area contributed by atoms with Crippen LogP contribution in [0.1, 0.15) is 8.44 Å². The Morgan fingerprint density at radius 1 is 1.78 bits per heavy atom. The molecule has 1 N–H and O–H groups in total. The third-order valence-electron chi connectivity index (χ3n) is 0.842. The summed E-state index contributed by atoms with van der Waals surface area (Å²) in [5, 5.41) is 9.22. The third kappa shape index (κ3) is 1.66. The maximum Gasteiger partial charge on any atom is 0.0852 e. The second kappa shape index (κ2) is 2.80. The number of rotatable bonds is 1. The van der Waals surface area contributed by atoms with Crippen LogP contribution in [-0.2, 0) is 6.56 Å². The first kappa shape index (κ1) is 4.25. The van der Waals surface area contributed by atoms with Gasteiger partial charge in [0.2, 0.25) is 0 Å². The lowest BCUT2D eigenvalue weighted by Gasteiger charge is -1.91. The number of hydrogen-bond donors (Lipinski definition) is 1. The molecule has 0 atom stereocenters. The summed E-state index contributed by atoms with van der Waals surface area (Å²) in [4.78, 5) is 3.59. The number of pyridine rings is 1. The summed E-state index contributed by atoms with van der Waals surface area (Å²) in [5.74, 6) is 0. The van der Waals surface area contributed by atoms with Gasteiger partial charge in [0, 0.05) is 6.20 Å². The molecule has 1 aromatic rings. The average Bonchev–Trinajstić information content (AvgIpc) is 1.86. The van der Waals surface area contributed by atoms with Crippen LogP contribution in [0.4, 0.5) is 0 Å². The Hall–Kier alpha value is -0.600. The van der Waals surface area contributed by atoms with E-state index in [2.05, 4.69) is 4.98 Å². The van der Waals surface area contributed by atoms with Crippen LogP contribution in [0.3, 0.4) is 0 Å². The number of halogens is 1. The zero-order valence-corrected chi connectivity index (χ0v) is 5.26. The minimum atomic E-state index is -2.38. The van der Waals surface area contributed by atoms with Crippen molar-refractivity contribution in [3.63, 3.8) is 0 Å². The zero-order chi connectivity index (χ0) is 8.48. The van der Waals surface area contributed by atoms with Crippen LogP contribution in [0.25, 0.3) is 0 Å². The van der Waals surface area contributed by atoms with Gasteiger partial charge in [0.25, 0.3) is 0 Å². The lowest BCUT2D eigenvalue weighted by atomic mass is 10.4. The smallest absolute Gasteiger partial charge is 0.0852 e. The Bertz CT molecular complexity index is 244. The van der Waals surface area contributed by atoms with E-state index < -0.39 is 6.56 Å². The quantitative estimate of drug-likeness (QED) is 0.645. The molecule has 2 nitrogen and oxygen atoms in total. The molecule has 0 aromatic carbocycles. The Kier molecular flexibility index (Phi) is 1.32. The van der Waals surface area contributed by atoms with Crippen molar-refractivity contribution in [1.29, 1.82) is 0 Å². The fourth-order valence-corrected chi connectivity index (χ4v) is 0.554. The van der Waals surface area contributed by atoms with E-state index in [1.165, 1.54) is 18.3 Å². The fourth-order valence-electron chi connectivity index (χ4n) is 0.442. The number of hydrogen-bond acceptors (Lipinski definition) is 2. The molecule has 0 amide bonds. The molecule has 48 valence electrons. The molecule has 1 aromatic heterocycles. The topological polar surface area (TPSA) is 33.1 Å². The molecule has 0 spiro atoms. The largest absolute Gasteiger partial charge is 0.390 e. The maximum atomic E-state index is 8.81. The van der Waals surface area contributed by atoms with Crippen molar-refractivity contribution in [3.8, 4) is 0 Å². The van der Waals surface area contributed by atoms with Gasteiger partial charge < -0.3 is 5.11 Å². The van der Waals surface area contributed by atoms with Gasteiger partial charge >= 0.3 is 0 Å². The molecule has 0 fully saturated rings. The van der Waals surface area contributed by atoms with Gasteiger partial charge in [0.05, 0.1) is 20.0 Å². The van der Waals surface area contributed by atoms with Crippen LogP contribution in [0.15, 0.2) is 18.3 Å². The second-order valence-electron chi connectivity index (χ2n) is 1.47. The Labute approximate surface area is 60.9 Å². The van der Waals surface area contributed by atoms with Gasteiger partial charge in [-0.05, 0) is 12.1 Å². The van der Waals surface area contributed by atoms with Gasteiger partial charge in [-0.3, -0.25) is 4.98 Å². The van der Waals surface area contributed by atoms with E-state index in [1.54, 1.807) is 0 Å². The number of aromatic nitrogens is 1. The Morgan fingerprint density at radius 2 is 2.56 bits per heavy atom. The SMILES string of the molecule is [2H]C([2H])(O)c1ccc(Cl)cn1. The summed E-state index contributed by atoms with van der Waals surface area (Å²) in [5.41, 5.74) is -0.0399. The molecule has 3 heteroatoms. The van der Waals surface area contributed by atoms with Crippen LogP contribution in [0, 0.1) is 0 Å². The highest BCUT2D eigenvalue weighted by molar-refractivity contribution is 6.30. The van der Waals surface area contributed by atoms with E-state index in [9.17, 15) is 0 Å². The highest BCUT2D eigenvalue weighted by Gasteiger charge is 1.88. The van der Waals surface area contributed by atoms with Gasteiger partial charge in [0.15, 0.2) is 0 Å². The molecule has 1 heterocycles. The highest BCUT2D eigenvalue weighted by Crippen LogP contribution is 2.05. The summed E-state index contributed by atoms with van der Waals surface area (Å²) in [6.45, 7) is -2.38. The van der Waals surface area contributed by atoms with E-state index in [4.69, 9.17) is 19.4 Å². The van der Waals surface area contributed by atoms with Crippen LogP contribution >= 0.6 is 11.6 Å². The molecule has 0 aliphatic carbocycles. The standard InChI is InChI=1S/C6H6ClNO/c7-5-1-2-6(4-9)8-3-5/h1-3,9H,4H2/i4D2. The van der Waals surface area contributed by atoms with E-state index in [0.29, 0.717) is 5.02 Å². The van der Waals surface area contributed by atoms with E-state index in [-0.39, 0.29) is 5.69 Å². The van der Waals surface area contributed by atoms with Gasteiger partial charge in [0.1, 0.15) is 0 Å². The first-order valence-corrected chi connectivity index (χ1v) is 2.72. The van der Waals surface area contributed by atoms with E-state index in [1.807, 2.05) is 0 Å². The van der Waals surface area contributed by atoms with Crippen molar-refractivity contribution in [3.05, 3.63) is 29.0 Å². The lowest BCUT2D eigenvalue weighted by Crippen LogP contribution is -1.85. The minimum absolute atomic E-state index is 0.0399. The first-order valence-electron chi connectivity index (χ1n) is 3.34. The van der Waals surface area contributed by atoms with Crippen molar-refractivity contribution in [2.45, 2.75) is 6.56 Å². The molecule has 0 aliphatic rings. The molecule has 0 radical (unpaired) electrons. The molecular weight excluding hydrogens is 138 g/mol.